The molecule has 0 aliphatic heterocycles. The van der Waals surface area contributed by atoms with Crippen LogP contribution in [0.2, 0.25) is 5.02 Å². The van der Waals surface area contributed by atoms with E-state index in [1.54, 1.807) is 43.8 Å². The van der Waals surface area contributed by atoms with Gasteiger partial charge in [-0.1, -0.05) is 29.8 Å². The smallest absolute Gasteiger partial charge is 0.298 e. The van der Waals surface area contributed by atoms with E-state index in [4.69, 9.17) is 16.3 Å². The first-order valence-electron chi connectivity index (χ1n) is 9.23. The van der Waals surface area contributed by atoms with Gasteiger partial charge in [0.15, 0.2) is 0 Å². The van der Waals surface area contributed by atoms with Crippen LogP contribution in [0, 0.1) is 0 Å². The standard InChI is InChI=1S/C23H18ClN3O3/c1-30-17-9-10-20-18(12-17)19(14-27(20)13-15-5-7-16(24)8-6-15)22(28)23(29)26-21-4-2-3-11-25-21/h2-12,14H,13H2,1H3,(H,25,26,29). The molecule has 1 amide bonds. The van der Waals surface area contributed by atoms with Crippen LogP contribution in [0.4, 0.5) is 5.82 Å². The number of Topliss-reactive ketones (excluding diaryl/α,β-unsaturated/α-hetero) is 1. The number of ketones is 1. The zero-order valence-corrected chi connectivity index (χ0v) is 16.9. The summed E-state index contributed by atoms with van der Waals surface area (Å²) >= 11 is 5.98. The maximum absolute atomic E-state index is 13.0. The Morgan fingerprint density at radius 1 is 1.10 bits per heavy atom. The second-order valence-electron chi connectivity index (χ2n) is 6.68. The van der Waals surface area contributed by atoms with E-state index in [0.29, 0.717) is 34.1 Å². The molecule has 0 aliphatic rings. The molecule has 2 aromatic carbocycles. The van der Waals surface area contributed by atoms with Gasteiger partial charge in [0.25, 0.3) is 11.7 Å². The number of aromatic nitrogens is 2. The van der Waals surface area contributed by atoms with E-state index in [1.807, 2.05) is 41.0 Å². The number of fused-ring (bicyclic) bond motifs is 1. The quantitative estimate of drug-likeness (QED) is 0.367. The highest BCUT2D eigenvalue weighted by Crippen LogP contribution is 2.27. The Morgan fingerprint density at radius 2 is 1.90 bits per heavy atom. The second-order valence-corrected chi connectivity index (χ2v) is 7.11. The summed E-state index contributed by atoms with van der Waals surface area (Å²) in [5, 5.41) is 3.84. The van der Waals surface area contributed by atoms with Gasteiger partial charge in [-0.05, 0) is 48.0 Å². The summed E-state index contributed by atoms with van der Waals surface area (Å²) in [5.74, 6) is -0.472. The van der Waals surface area contributed by atoms with E-state index in [-0.39, 0.29) is 0 Å². The topological polar surface area (TPSA) is 73.2 Å². The van der Waals surface area contributed by atoms with Gasteiger partial charge in [0.05, 0.1) is 12.7 Å². The number of anilines is 1. The molecule has 0 fully saturated rings. The number of hydrogen-bond donors (Lipinski definition) is 1. The number of ether oxygens (including phenoxy) is 1. The van der Waals surface area contributed by atoms with Crippen molar-refractivity contribution in [3.63, 3.8) is 0 Å². The molecule has 0 saturated carbocycles. The first-order valence-corrected chi connectivity index (χ1v) is 9.61. The first-order chi connectivity index (χ1) is 14.5. The molecule has 0 aliphatic carbocycles. The minimum Gasteiger partial charge on any atom is -0.497 e. The van der Waals surface area contributed by atoms with Gasteiger partial charge in [-0.15, -0.1) is 0 Å². The molecule has 150 valence electrons. The van der Waals surface area contributed by atoms with Crippen LogP contribution in [-0.2, 0) is 11.3 Å². The van der Waals surface area contributed by atoms with Crippen molar-refractivity contribution < 1.29 is 14.3 Å². The molecule has 2 heterocycles. The van der Waals surface area contributed by atoms with Crippen LogP contribution < -0.4 is 10.1 Å². The summed E-state index contributed by atoms with van der Waals surface area (Å²) < 4.78 is 7.24. The molecular weight excluding hydrogens is 402 g/mol. The highest BCUT2D eigenvalue weighted by molar-refractivity contribution is 6.48. The molecule has 7 heteroatoms. The van der Waals surface area contributed by atoms with Gasteiger partial charge in [-0.25, -0.2) is 4.98 Å². The lowest BCUT2D eigenvalue weighted by Crippen LogP contribution is -2.23. The van der Waals surface area contributed by atoms with E-state index in [9.17, 15) is 9.59 Å². The molecule has 6 nitrogen and oxygen atoms in total. The van der Waals surface area contributed by atoms with Crippen LogP contribution >= 0.6 is 11.6 Å². The lowest BCUT2D eigenvalue weighted by atomic mass is 10.1. The van der Waals surface area contributed by atoms with Crippen LogP contribution in [-0.4, -0.2) is 28.4 Å². The Balaban J connectivity index is 1.71. The van der Waals surface area contributed by atoms with E-state index in [0.717, 1.165) is 11.1 Å². The minimum atomic E-state index is -0.748. The number of nitrogens with one attached hydrogen (secondary N) is 1. The number of halogens is 1. The number of carbonyl (C=O) groups excluding carboxylic acids is 2. The minimum absolute atomic E-state index is 0.297. The zero-order valence-electron chi connectivity index (χ0n) is 16.1. The number of pyridine rings is 1. The van der Waals surface area contributed by atoms with Crippen molar-refractivity contribution in [2.75, 3.05) is 12.4 Å². The lowest BCUT2D eigenvalue weighted by molar-refractivity contribution is -0.112. The van der Waals surface area contributed by atoms with E-state index in [1.165, 1.54) is 0 Å². The van der Waals surface area contributed by atoms with Crippen molar-refractivity contribution in [1.82, 2.24) is 9.55 Å². The number of methoxy groups -OCH3 is 1. The third-order valence-electron chi connectivity index (χ3n) is 4.71. The molecule has 0 spiro atoms. The molecule has 4 aromatic rings. The molecule has 0 bridgehead atoms. The van der Waals surface area contributed by atoms with Crippen LogP contribution in [0.1, 0.15) is 15.9 Å². The Labute approximate surface area is 178 Å². The van der Waals surface area contributed by atoms with Gasteiger partial charge in [0.2, 0.25) is 0 Å². The fourth-order valence-corrected chi connectivity index (χ4v) is 3.36. The monoisotopic (exact) mass is 419 g/mol. The molecule has 2 aromatic heterocycles. The third kappa shape index (κ3) is 4.04. The first kappa shape index (κ1) is 19.7. The molecule has 0 radical (unpaired) electrons. The van der Waals surface area contributed by atoms with Crippen LogP contribution in [0.25, 0.3) is 10.9 Å². The Hall–Kier alpha value is -3.64. The highest BCUT2D eigenvalue weighted by atomic mass is 35.5. The van der Waals surface area contributed by atoms with Gasteiger partial charge in [0, 0.05) is 34.9 Å². The normalized spacial score (nSPS) is 10.7. The molecule has 30 heavy (non-hydrogen) atoms. The van der Waals surface area contributed by atoms with Crippen molar-refractivity contribution in [3.05, 3.63) is 89.2 Å². The summed E-state index contributed by atoms with van der Waals surface area (Å²) in [4.78, 5) is 29.6. The molecular formula is C23H18ClN3O3. The SMILES string of the molecule is COc1ccc2c(c1)c(C(=O)C(=O)Nc1ccccn1)cn2Cc1ccc(Cl)cc1. The van der Waals surface area contributed by atoms with Crippen molar-refractivity contribution >= 4 is 40.0 Å². The summed E-state index contributed by atoms with van der Waals surface area (Å²) in [7, 11) is 1.56. The second kappa shape index (κ2) is 8.39. The molecule has 4 rings (SSSR count). The maximum Gasteiger partial charge on any atom is 0.298 e. The number of carbonyl (C=O) groups is 2. The maximum atomic E-state index is 13.0. The molecule has 1 N–H and O–H groups in total. The van der Waals surface area contributed by atoms with Crippen LogP contribution in [0.15, 0.2) is 73.1 Å². The predicted octanol–water partition coefficient (Wildman–Crippen LogP) is 4.57. The average Bonchev–Trinajstić information content (AvgIpc) is 3.13. The Bertz CT molecular complexity index is 1220. The molecule has 0 unspecified atom stereocenters. The van der Waals surface area contributed by atoms with Crippen molar-refractivity contribution in [3.8, 4) is 5.75 Å². The molecule has 0 atom stereocenters. The molecule has 0 saturated heterocycles. The van der Waals surface area contributed by atoms with Gasteiger partial charge in [0.1, 0.15) is 11.6 Å². The van der Waals surface area contributed by atoms with E-state index >= 15 is 0 Å². The summed E-state index contributed by atoms with van der Waals surface area (Å²) in [6.45, 7) is 0.523. The van der Waals surface area contributed by atoms with E-state index < -0.39 is 11.7 Å². The number of nitrogens with zero attached hydrogens (tertiary/aromatic N) is 2. The average molecular weight is 420 g/mol. The number of hydrogen-bond acceptors (Lipinski definition) is 4. The summed E-state index contributed by atoms with van der Waals surface area (Å²) in [6, 6.07) is 18.0. The predicted molar refractivity (Wildman–Crippen MR) is 116 cm³/mol. The van der Waals surface area contributed by atoms with Crippen LogP contribution in [0.3, 0.4) is 0 Å². The van der Waals surface area contributed by atoms with Crippen molar-refractivity contribution in [2.45, 2.75) is 6.54 Å². The van der Waals surface area contributed by atoms with Gasteiger partial charge >= 0.3 is 0 Å². The number of amides is 1. The van der Waals surface area contributed by atoms with Crippen molar-refractivity contribution in [2.24, 2.45) is 0 Å². The van der Waals surface area contributed by atoms with Crippen molar-refractivity contribution in [1.29, 1.82) is 0 Å². The highest BCUT2D eigenvalue weighted by Gasteiger charge is 2.22. The fourth-order valence-electron chi connectivity index (χ4n) is 3.23. The Kier molecular flexibility index (Phi) is 5.50. The summed E-state index contributed by atoms with van der Waals surface area (Å²) in [5.41, 5.74) is 2.13. The largest absolute Gasteiger partial charge is 0.497 e. The zero-order chi connectivity index (χ0) is 21.1. The Morgan fingerprint density at radius 3 is 2.60 bits per heavy atom. The van der Waals surface area contributed by atoms with Gasteiger partial charge in [-0.3, -0.25) is 9.59 Å². The summed E-state index contributed by atoms with van der Waals surface area (Å²) in [6.07, 6.45) is 3.24. The van der Waals surface area contributed by atoms with Gasteiger partial charge in [-0.2, -0.15) is 0 Å². The van der Waals surface area contributed by atoms with E-state index in [2.05, 4.69) is 10.3 Å². The number of benzene rings is 2. The fraction of sp³-hybridized carbons (Fsp3) is 0.0870. The number of rotatable bonds is 6. The van der Waals surface area contributed by atoms with Gasteiger partial charge < -0.3 is 14.6 Å². The third-order valence-corrected chi connectivity index (χ3v) is 4.96. The lowest BCUT2D eigenvalue weighted by Gasteiger charge is -2.06. The van der Waals surface area contributed by atoms with Crippen LogP contribution in [0.5, 0.6) is 5.75 Å².